The second-order valence-corrected chi connectivity index (χ2v) is 9.47. The Hall–Kier alpha value is -3.23. The minimum absolute atomic E-state index is 0.101. The Kier molecular flexibility index (Phi) is 11.2. The number of benzene rings is 3. The lowest BCUT2D eigenvalue weighted by molar-refractivity contribution is -0.172. The fourth-order valence-electron chi connectivity index (χ4n) is 4.44. The first-order valence-electron chi connectivity index (χ1n) is 13.2. The largest absolute Gasteiger partial charge is 0.445 e. The molecule has 4 rings (SSSR count). The molecule has 0 heterocycles. The lowest BCUT2D eigenvalue weighted by Gasteiger charge is -2.38. The Balaban J connectivity index is 1.22. The maximum Gasteiger partial charge on any atom is 0.407 e. The zero-order chi connectivity index (χ0) is 26.4. The molecule has 7 heteroatoms. The molecule has 4 atom stereocenters. The van der Waals surface area contributed by atoms with Gasteiger partial charge in [0.2, 0.25) is 0 Å². The molecule has 0 aromatic heterocycles. The van der Waals surface area contributed by atoms with Crippen LogP contribution in [-0.2, 0) is 38.8 Å². The Morgan fingerprint density at radius 1 is 0.711 bits per heavy atom. The van der Waals surface area contributed by atoms with E-state index in [1.54, 1.807) is 0 Å². The van der Waals surface area contributed by atoms with Gasteiger partial charge in [-0.2, -0.15) is 0 Å². The maximum atomic E-state index is 11.9. The van der Waals surface area contributed by atoms with Crippen molar-refractivity contribution in [2.24, 2.45) is 0 Å². The topological polar surface area (TPSA) is 86.3 Å². The molecule has 0 saturated heterocycles. The van der Waals surface area contributed by atoms with Crippen molar-refractivity contribution in [3.63, 3.8) is 0 Å². The van der Waals surface area contributed by atoms with E-state index in [0.29, 0.717) is 45.6 Å². The van der Waals surface area contributed by atoms with Gasteiger partial charge in [0.05, 0.1) is 31.5 Å². The molecular weight excluding hydrogens is 482 g/mol. The molecule has 3 aromatic carbocycles. The van der Waals surface area contributed by atoms with Crippen LogP contribution in [-0.4, -0.2) is 48.8 Å². The van der Waals surface area contributed by atoms with Crippen molar-refractivity contribution in [3.8, 4) is 0 Å². The van der Waals surface area contributed by atoms with Gasteiger partial charge in [-0.15, -0.1) is 0 Å². The van der Waals surface area contributed by atoms with Crippen LogP contribution in [0.3, 0.4) is 0 Å². The van der Waals surface area contributed by atoms with Gasteiger partial charge in [0.15, 0.2) is 0 Å². The van der Waals surface area contributed by atoms with Gasteiger partial charge in [-0.05, 0) is 23.1 Å². The van der Waals surface area contributed by atoms with Gasteiger partial charge in [-0.3, -0.25) is 0 Å². The van der Waals surface area contributed by atoms with Crippen LogP contribution in [0.2, 0.25) is 0 Å². The lowest BCUT2D eigenvalue weighted by atomic mass is 9.89. The van der Waals surface area contributed by atoms with E-state index in [-0.39, 0.29) is 12.7 Å². The molecule has 0 aliphatic heterocycles. The number of amides is 1. The molecule has 0 spiro atoms. The highest BCUT2D eigenvalue weighted by molar-refractivity contribution is 5.67. The van der Waals surface area contributed by atoms with E-state index in [4.69, 9.17) is 18.9 Å². The zero-order valence-corrected chi connectivity index (χ0v) is 21.6. The van der Waals surface area contributed by atoms with Crippen molar-refractivity contribution in [2.45, 2.75) is 63.5 Å². The highest BCUT2D eigenvalue weighted by atomic mass is 16.5. The number of carbonyl (C=O) groups excluding carboxylic acids is 1. The van der Waals surface area contributed by atoms with Gasteiger partial charge >= 0.3 is 6.09 Å². The van der Waals surface area contributed by atoms with E-state index < -0.39 is 24.4 Å². The molecule has 7 nitrogen and oxygen atoms in total. The van der Waals surface area contributed by atoms with Gasteiger partial charge in [0.25, 0.3) is 0 Å². The van der Waals surface area contributed by atoms with Gasteiger partial charge in [-0.25, -0.2) is 4.79 Å². The van der Waals surface area contributed by atoms with Gasteiger partial charge in [0.1, 0.15) is 12.7 Å². The first-order chi connectivity index (χ1) is 18.7. The first kappa shape index (κ1) is 27.8. The summed E-state index contributed by atoms with van der Waals surface area (Å²) in [7, 11) is 0. The summed E-state index contributed by atoms with van der Waals surface area (Å²) in [4.78, 5) is 11.9. The smallest absolute Gasteiger partial charge is 0.407 e. The third kappa shape index (κ3) is 9.26. The lowest BCUT2D eigenvalue weighted by Crippen LogP contribution is -2.49. The van der Waals surface area contributed by atoms with Crippen LogP contribution >= 0.6 is 0 Å². The van der Waals surface area contributed by atoms with Crippen LogP contribution in [0.4, 0.5) is 4.79 Å². The molecule has 1 amide bonds. The standard InChI is InChI=1S/C31H37NO6/c33-30-28(35-18-10-17-32-31(34)38-23-26-15-8-3-9-16-26)19-27(36-21-24-11-4-1-5-12-24)20-29(30)37-22-25-13-6-2-7-14-25/h1-9,11-16,27-30,33H,10,17-23H2,(H,32,34)/t27-,28+,29+,30-/m0/s1. The van der Waals surface area contributed by atoms with Crippen molar-refractivity contribution in [1.29, 1.82) is 0 Å². The third-order valence-electron chi connectivity index (χ3n) is 6.52. The minimum atomic E-state index is -0.765. The first-order valence-corrected chi connectivity index (χ1v) is 13.2. The van der Waals surface area contributed by atoms with Gasteiger partial charge in [0, 0.05) is 26.0 Å². The van der Waals surface area contributed by atoms with Crippen LogP contribution in [0, 0.1) is 0 Å². The predicted octanol–water partition coefficient (Wildman–Crippen LogP) is 5.01. The summed E-state index contributed by atoms with van der Waals surface area (Å²) < 4.78 is 23.6. The molecule has 1 aliphatic carbocycles. The van der Waals surface area contributed by atoms with E-state index in [9.17, 15) is 9.90 Å². The summed E-state index contributed by atoms with van der Waals surface area (Å²) in [6.45, 7) is 1.94. The van der Waals surface area contributed by atoms with Gasteiger partial charge in [-0.1, -0.05) is 91.0 Å². The molecule has 38 heavy (non-hydrogen) atoms. The summed E-state index contributed by atoms with van der Waals surface area (Å²) in [5.41, 5.74) is 3.09. The normalized spacial score (nSPS) is 21.1. The Bertz CT molecular complexity index is 1070. The zero-order valence-electron chi connectivity index (χ0n) is 21.6. The minimum Gasteiger partial charge on any atom is -0.445 e. The van der Waals surface area contributed by atoms with Crippen LogP contribution < -0.4 is 5.32 Å². The quantitative estimate of drug-likeness (QED) is 0.309. The number of nitrogens with one attached hydrogen (secondary N) is 1. The Labute approximate surface area is 224 Å². The molecule has 1 aliphatic rings. The fraction of sp³-hybridized carbons (Fsp3) is 0.387. The van der Waals surface area contributed by atoms with Crippen LogP contribution in [0.1, 0.15) is 36.0 Å². The van der Waals surface area contributed by atoms with E-state index in [0.717, 1.165) is 16.7 Å². The van der Waals surface area contributed by atoms with Crippen molar-refractivity contribution in [3.05, 3.63) is 108 Å². The summed E-state index contributed by atoms with van der Waals surface area (Å²) in [5, 5.41) is 13.8. The Morgan fingerprint density at radius 2 is 1.21 bits per heavy atom. The molecule has 1 saturated carbocycles. The molecule has 202 valence electrons. The average Bonchev–Trinajstić information content (AvgIpc) is 2.97. The van der Waals surface area contributed by atoms with Gasteiger partial charge < -0.3 is 29.4 Å². The summed E-state index contributed by atoms with van der Waals surface area (Å²) in [6, 6.07) is 29.5. The number of carbonyl (C=O) groups is 1. The fourth-order valence-corrected chi connectivity index (χ4v) is 4.44. The molecule has 0 radical (unpaired) electrons. The highest BCUT2D eigenvalue weighted by Crippen LogP contribution is 2.28. The molecular formula is C31H37NO6. The summed E-state index contributed by atoms with van der Waals surface area (Å²) in [5.74, 6) is 0. The molecule has 3 aromatic rings. The predicted molar refractivity (Wildman–Crippen MR) is 144 cm³/mol. The second kappa shape index (κ2) is 15.2. The maximum absolute atomic E-state index is 11.9. The van der Waals surface area contributed by atoms with E-state index in [2.05, 4.69) is 5.32 Å². The summed E-state index contributed by atoms with van der Waals surface area (Å²) in [6.07, 6.45) is -0.392. The SMILES string of the molecule is O=C(NCCCO[C@@H]1C[C@H](OCc2ccccc2)C[C@@H](OCc2ccccc2)[C@H]1O)OCc1ccccc1. The number of aliphatic hydroxyl groups excluding tert-OH is 1. The number of rotatable bonds is 13. The van der Waals surface area contributed by atoms with Crippen molar-refractivity contribution in [1.82, 2.24) is 5.32 Å². The van der Waals surface area contributed by atoms with Crippen LogP contribution in [0.25, 0.3) is 0 Å². The molecule has 2 N–H and O–H groups in total. The third-order valence-corrected chi connectivity index (χ3v) is 6.52. The number of ether oxygens (including phenoxy) is 4. The molecule has 0 unspecified atom stereocenters. The number of aliphatic hydroxyl groups is 1. The number of hydrogen-bond donors (Lipinski definition) is 2. The van der Waals surface area contributed by atoms with Crippen molar-refractivity contribution in [2.75, 3.05) is 13.2 Å². The average molecular weight is 520 g/mol. The van der Waals surface area contributed by atoms with Crippen molar-refractivity contribution >= 4 is 6.09 Å². The Morgan fingerprint density at radius 3 is 1.79 bits per heavy atom. The number of hydrogen-bond acceptors (Lipinski definition) is 6. The van der Waals surface area contributed by atoms with E-state index >= 15 is 0 Å². The highest BCUT2D eigenvalue weighted by Gasteiger charge is 2.38. The second-order valence-electron chi connectivity index (χ2n) is 9.47. The number of alkyl carbamates (subject to hydrolysis) is 1. The van der Waals surface area contributed by atoms with E-state index in [1.807, 2.05) is 91.0 Å². The summed E-state index contributed by atoms with van der Waals surface area (Å²) >= 11 is 0. The van der Waals surface area contributed by atoms with Crippen LogP contribution in [0.5, 0.6) is 0 Å². The van der Waals surface area contributed by atoms with Crippen LogP contribution in [0.15, 0.2) is 91.0 Å². The van der Waals surface area contributed by atoms with E-state index in [1.165, 1.54) is 0 Å². The monoisotopic (exact) mass is 519 g/mol. The van der Waals surface area contributed by atoms with Crippen molar-refractivity contribution < 1.29 is 28.8 Å². The molecule has 0 bridgehead atoms. The molecule has 1 fully saturated rings.